The van der Waals surface area contributed by atoms with Gasteiger partial charge in [-0.15, -0.1) is 0 Å². The molecule has 2 heteroatoms. The zero-order valence-corrected chi connectivity index (χ0v) is 9.95. The average Bonchev–Trinajstić information content (AvgIpc) is 2.34. The van der Waals surface area contributed by atoms with Crippen molar-refractivity contribution in [1.29, 1.82) is 0 Å². The highest BCUT2D eigenvalue weighted by Crippen LogP contribution is 2.14. The van der Waals surface area contributed by atoms with E-state index < -0.39 is 0 Å². The third kappa shape index (κ3) is 2.83. The molecular weight excluding hydrogens is 198 g/mol. The number of pyridine rings is 1. The Morgan fingerprint density at radius 1 is 1.00 bits per heavy atom. The molecule has 0 aliphatic carbocycles. The Morgan fingerprint density at radius 2 is 1.62 bits per heavy atom. The second-order valence-corrected chi connectivity index (χ2v) is 3.28. The van der Waals surface area contributed by atoms with E-state index in [1.165, 1.54) is 5.56 Å². The molecule has 16 heavy (non-hydrogen) atoms. The van der Waals surface area contributed by atoms with Crippen LogP contribution in [0.15, 0.2) is 47.4 Å². The lowest BCUT2D eigenvalue weighted by atomic mass is 10.1. The summed E-state index contributed by atoms with van der Waals surface area (Å²) < 4.78 is 0. The predicted octanol–water partition coefficient (Wildman–Crippen LogP) is 3.38. The molecule has 0 saturated heterocycles. The van der Waals surface area contributed by atoms with Crippen molar-refractivity contribution in [3.05, 3.63) is 58.5 Å². The number of aryl methyl sites for hydroxylation is 1. The monoisotopic (exact) mass is 215 g/mol. The molecule has 2 aromatic rings. The van der Waals surface area contributed by atoms with Crippen molar-refractivity contribution < 1.29 is 0 Å². The molecule has 0 unspecified atom stereocenters. The first-order valence-electron chi connectivity index (χ1n) is 5.52. The van der Waals surface area contributed by atoms with E-state index in [1.54, 1.807) is 6.20 Å². The molecule has 0 radical (unpaired) electrons. The lowest BCUT2D eigenvalue weighted by Crippen LogP contribution is -2.06. The summed E-state index contributed by atoms with van der Waals surface area (Å²) in [6.07, 6.45) is 1.64. The molecule has 2 rings (SSSR count). The summed E-state index contributed by atoms with van der Waals surface area (Å²) in [6.45, 7) is 6.03. The van der Waals surface area contributed by atoms with E-state index in [2.05, 4.69) is 4.98 Å². The number of aromatic amines is 1. The second kappa shape index (κ2) is 5.91. The summed E-state index contributed by atoms with van der Waals surface area (Å²) in [5.41, 5.74) is 2.82. The van der Waals surface area contributed by atoms with Gasteiger partial charge in [0.2, 0.25) is 0 Å². The molecule has 1 aromatic carbocycles. The first-order chi connectivity index (χ1) is 7.77. The molecule has 0 atom stereocenters. The SMILES string of the molecule is CC.Cc1ccc(-c2ccc[nH]c2=O)cc1. The topological polar surface area (TPSA) is 32.9 Å². The van der Waals surface area contributed by atoms with E-state index in [1.807, 2.05) is 57.2 Å². The standard InChI is InChI=1S/C12H11NO.C2H6/c1-9-4-6-10(7-5-9)11-3-2-8-13-12(11)14;1-2/h2-8H,1H3,(H,13,14);1-2H3. The van der Waals surface area contributed by atoms with Gasteiger partial charge in [0.1, 0.15) is 0 Å². The van der Waals surface area contributed by atoms with Crippen LogP contribution in [0.4, 0.5) is 0 Å². The quantitative estimate of drug-likeness (QED) is 0.777. The van der Waals surface area contributed by atoms with Crippen molar-refractivity contribution in [2.75, 3.05) is 0 Å². The van der Waals surface area contributed by atoms with Gasteiger partial charge in [-0.1, -0.05) is 43.7 Å². The molecule has 84 valence electrons. The maximum Gasteiger partial charge on any atom is 0.255 e. The van der Waals surface area contributed by atoms with Crippen molar-refractivity contribution >= 4 is 0 Å². The molecular formula is C14H17NO. The Balaban J connectivity index is 0.000000606. The first-order valence-corrected chi connectivity index (χ1v) is 5.52. The van der Waals surface area contributed by atoms with E-state index in [0.29, 0.717) is 5.56 Å². The Hall–Kier alpha value is -1.83. The highest BCUT2D eigenvalue weighted by Gasteiger charge is 2.00. The molecule has 0 aliphatic rings. The molecule has 1 N–H and O–H groups in total. The van der Waals surface area contributed by atoms with E-state index in [9.17, 15) is 4.79 Å². The Morgan fingerprint density at radius 3 is 2.19 bits per heavy atom. The molecule has 0 saturated carbocycles. The minimum atomic E-state index is -0.0450. The summed E-state index contributed by atoms with van der Waals surface area (Å²) in [5, 5.41) is 0. The van der Waals surface area contributed by atoms with Crippen molar-refractivity contribution in [2.45, 2.75) is 20.8 Å². The van der Waals surface area contributed by atoms with Crippen molar-refractivity contribution in [2.24, 2.45) is 0 Å². The molecule has 1 aromatic heterocycles. The third-order valence-electron chi connectivity index (χ3n) is 2.18. The zero-order valence-electron chi connectivity index (χ0n) is 9.95. The van der Waals surface area contributed by atoms with Gasteiger partial charge in [-0.05, 0) is 24.6 Å². The fourth-order valence-corrected chi connectivity index (χ4v) is 1.38. The smallest absolute Gasteiger partial charge is 0.255 e. The molecule has 0 fully saturated rings. The van der Waals surface area contributed by atoms with Crippen LogP contribution in [0, 0.1) is 6.92 Å². The average molecular weight is 215 g/mol. The van der Waals surface area contributed by atoms with Crippen LogP contribution < -0.4 is 5.56 Å². The van der Waals surface area contributed by atoms with Gasteiger partial charge in [0.25, 0.3) is 5.56 Å². The van der Waals surface area contributed by atoms with Crippen molar-refractivity contribution in [3.63, 3.8) is 0 Å². The lowest BCUT2D eigenvalue weighted by Gasteiger charge is -1.99. The van der Waals surface area contributed by atoms with Crippen molar-refractivity contribution in [3.8, 4) is 11.1 Å². The van der Waals surface area contributed by atoms with Gasteiger partial charge in [-0.2, -0.15) is 0 Å². The lowest BCUT2D eigenvalue weighted by molar-refractivity contribution is 1.24. The number of hydrogen-bond donors (Lipinski definition) is 1. The van der Waals surface area contributed by atoms with Gasteiger partial charge >= 0.3 is 0 Å². The summed E-state index contributed by atoms with van der Waals surface area (Å²) in [5.74, 6) is 0. The van der Waals surface area contributed by atoms with Gasteiger partial charge in [0.05, 0.1) is 0 Å². The molecule has 0 spiro atoms. The normalized spacial score (nSPS) is 9.19. The minimum absolute atomic E-state index is 0.0450. The minimum Gasteiger partial charge on any atom is -0.329 e. The molecule has 0 amide bonds. The molecule has 1 heterocycles. The molecule has 0 aliphatic heterocycles. The number of hydrogen-bond acceptors (Lipinski definition) is 1. The van der Waals surface area contributed by atoms with Gasteiger partial charge in [0, 0.05) is 11.8 Å². The van der Waals surface area contributed by atoms with Crippen LogP contribution >= 0.6 is 0 Å². The highest BCUT2D eigenvalue weighted by molar-refractivity contribution is 5.62. The van der Waals surface area contributed by atoms with Crippen LogP contribution in [0.5, 0.6) is 0 Å². The second-order valence-electron chi connectivity index (χ2n) is 3.28. The van der Waals surface area contributed by atoms with Crippen LogP contribution in [-0.2, 0) is 0 Å². The van der Waals surface area contributed by atoms with Crippen LogP contribution in [0.3, 0.4) is 0 Å². The third-order valence-corrected chi connectivity index (χ3v) is 2.18. The summed E-state index contributed by atoms with van der Waals surface area (Å²) >= 11 is 0. The molecule has 2 nitrogen and oxygen atoms in total. The number of benzene rings is 1. The maximum absolute atomic E-state index is 11.4. The van der Waals surface area contributed by atoms with Gasteiger partial charge in [-0.25, -0.2) is 0 Å². The van der Waals surface area contributed by atoms with E-state index in [0.717, 1.165) is 5.56 Å². The Labute approximate surface area is 96.0 Å². The number of rotatable bonds is 1. The predicted molar refractivity (Wildman–Crippen MR) is 68.6 cm³/mol. The van der Waals surface area contributed by atoms with Crippen LogP contribution in [0.25, 0.3) is 11.1 Å². The summed E-state index contributed by atoms with van der Waals surface area (Å²) in [4.78, 5) is 14.1. The van der Waals surface area contributed by atoms with Crippen LogP contribution in [-0.4, -0.2) is 4.98 Å². The highest BCUT2D eigenvalue weighted by atomic mass is 16.1. The Kier molecular flexibility index (Phi) is 4.52. The van der Waals surface area contributed by atoms with Gasteiger partial charge in [0.15, 0.2) is 0 Å². The first kappa shape index (κ1) is 12.2. The van der Waals surface area contributed by atoms with E-state index in [-0.39, 0.29) is 5.56 Å². The van der Waals surface area contributed by atoms with Gasteiger partial charge in [-0.3, -0.25) is 4.79 Å². The van der Waals surface area contributed by atoms with Crippen LogP contribution in [0.1, 0.15) is 19.4 Å². The Bertz CT molecular complexity index is 483. The maximum atomic E-state index is 11.4. The van der Waals surface area contributed by atoms with E-state index >= 15 is 0 Å². The number of nitrogens with one attached hydrogen (secondary N) is 1. The van der Waals surface area contributed by atoms with Crippen LogP contribution in [0.2, 0.25) is 0 Å². The largest absolute Gasteiger partial charge is 0.329 e. The van der Waals surface area contributed by atoms with Gasteiger partial charge < -0.3 is 4.98 Å². The summed E-state index contributed by atoms with van der Waals surface area (Å²) in [6, 6.07) is 11.6. The zero-order chi connectivity index (χ0) is 12.0. The molecule has 0 bridgehead atoms. The fraction of sp³-hybridized carbons (Fsp3) is 0.214. The number of aromatic nitrogens is 1. The van der Waals surface area contributed by atoms with E-state index in [4.69, 9.17) is 0 Å². The summed E-state index contributed by atoms with van der Waals surface area (Å²) in [7, 11) is 0. The number of H-pyrrole nitrogens is 1. The van der Waals surface area contributed by atoms with Crippen molar-refractivity contribution in [1.82, 2.24) is 4.98 Å². The fourth-order valence-electron chi connectivity index (χ4n) is 1.38.